The fraction of sp³-hybridized carbons (Fsp3) is 0.0833. The fourth-order valence-corrected chi connectivity index (χ4v) is 4.54. The van der Waals surface area contributed by atoms with E-state index in [1.165, 1.54) is 6.07 Å². The molecule has 5 nitrogen and oxygen atoms in total. The molecule has 0 unspecified atom stereocenters. The van der Waals surface area contributed by atoms with Crippen molar-refractivity contribution in [2.24, 2.45) is 0 Å². The van der Waals surface area contributed by atoms with Gasteiger partial charge in [0.2, 0.25) is 0 Å². The maximum Gasteiger partial charge on any atom is 0.261 e. The van der Waals surface area contributed by atoms with Crippen molar-refractivity contribution in [1.82, 2.24) is 0 Å². The molecule has 0 radical (unpaired) electrons. The van der Waals surface area contributed by atoms with Gasteiger partial charge >= 0.3 is 0 Å². The molecule has 0 saturated carbocycles. The third kappa shape index (κ3) is 3.57. The van der Waals surface area contributed by atoms with Gasteiger partial charge in [0, 0.05) is 16.8 Å². The highest BCUT2D eigenvalue weighted by Crippen LogP contribution is 2.43. The van der Waals surface area contributed by atoms with Gasteiger partial charge < -0.3 is 10.2 Å². The predicted octanol–water partition coefficient (Wildman–Crippen LogP) is 5.34. The van der Waals surface area contributed by atoms with Crippen LogP contribution < -0.4 is 4.72 Å². The summed E-state index contributed by atoms with van der Waals surface area (Å²) in [5, 5.41) is 22.9. The highest BCUT2D eigenvalue weighted by atomic mass is 32.2. The molecule has 0 amide bonds. The van der Waals surface area contributed by atoms with Crippen LogP contribution in [0.2, 0.25) is 0 Å². The largest absolute Gasteiger partial charge is 0.507 e. The number of aryl methyl sites for hydroxylation is 2. The van der Waals surface area contributed by atoms with Crippen LogP contribution in [-0.2, 0) is 10.0 Å². The van der Waals surface area contributed by atoms with Crippen molar-refractivity contribution in [2.45, 2.75) is 18.7 Å². The number of hydrogen-bond acceptors (Lipinski definition) is 4. The summed E-state index contributed by atoms with van der Waals surface area (Å²) in [6, 6.07) is 20.5. The van der Waals surface area contributed by atoms with Crippen molar-refractivity contribution < 1.29 is 18.6 Å². The Kier molecular flexibility index (Phi) is 4.87. The lowest BCUT2D eigenvalue weighted by molar-refractivity contribution is 0.467. The van der Waals surface area contributed by atoms with Crippen molar-refractivity contribution in [3.63, 3.8) is 0 Å². The van der Waals surface area contributed by atoms with Crippen molar-refractivity contribution >= 4 is 26.5 Å². The first-order valence-corrected chi connectivity index (χ1v) is 10.9. The zero-order valence-corrected chi connectivity index (χ0v) is 17.4. The summed E-state index contributed by atoms with van der Waals surface area (Å²) in [6.45, 7) is 3.57. The molecule has 0 fully saturated rings. The summed E-state index contributed by atoms with van der Waals surface area (Å²) in [6.07, 6.45) is 0. The monoisotopic (exact) mass is 419 g/mol. The van der Waals surface area contributed by atoms with Gasteiger partial charge in [-0.3, -0.25) is 4.72 Å². The SMILES string of the molecule is Cc1ccc(S(=O)(=O)Nc2cc(C)c(O)c(-c3c(O)ccc4ccccc34)c2)cc1. The van der Waals surface area contributed by atoms with Crippen LogP contribution in [0.3, 0.4) is 0 Å². The molecule has 4 aromatic carbocycles. The van der Waals surface area contributed by atoms with Crippen LogP contribution in [0.5, 0.6) is 11.5 Å². The average Bonchev–Trinajstić information content (AvgIpc) is 2.71. The zero-order chi connectivity index (χ0) is 21.5. The Labute approximate surface area is 175 Å². The summed E-state index contributed by atoms with van der Waals surface area (Å²) in [5.74, 6) is -0.0121. The third-order valence-electron chi connectivity index (χ3n) is 5.06. The number of aromatic hydroxyl groups is 2. The molecule has 0 aliphatic carbocycles. The average molecular weight is 420 g/mol. The van der Waals surface area contributed by atoms with Gasteiger partial charge in [-0.2, -0.15) is 0 Å². The molecule has 0 saturated heterocycles. The summed E-state index contributed by atoms with van der Waals surface area (Å²) < 4.78 is 28.2. The van der Waals surface area contributed by atoms with E-state index >= 15 is 0 Å². The van der Waals surface area contributed by atoms with Crippen molar-refractivity contribution in [2.75, 3.05) is 4.72 Å². The van der Waals surface area contributed by atoms with Crippen LogP contribution in [-0.4, -0.2) is 18.6 Å². The van der Waals surface area contributed by atoms with Gasteiger partial charge in [0.1, 0.15) is 11.5 Å². The molecule has 0 spiro atoms. The lowest BCUT2D eigenvalue weighted by atomic mass is 9.94. The van der Waals surface area contributed by atoms with Gasteiger partial charge in [0.25, 0.3) is 10.0 Å². The summed E-state index contributed by atoms with van der Waals surface area (Å²) >= 11 is 0. The van der Waals surface area contributed by atoms with Crippen LogP contribution in [0, 0.1) is 13.8 Å². The van der Waals surface area contributed by atoms with Crippen molar-refractivity contribution in [1.29, 1.82) is 0 Å². The van der Waals surface area contributed by atoms with Gasteiger partial charge in [-0.05, 0) is 60.5 Å². The van der Waals surface area contributed by atoms with E-state index in [4.69, 9.17) is 0 Å². The minimum atomic E-state index is -3.81. The van der Waals surface area contributed by atoms with Gasteiger partial charge in [-0.1, -0.05) is 48.0 Å². The van der Waals surface area contributed by atoms with Gasteiger partial charge in [-0.25, -0.2) is 8.42 Å². The van der Waals surface area contributed by atoms with E-state index in [-0.39, 0.29) is 16.4 Å². The minimum Gasteiger partial charge on any atom is -0.507 e. The smallest absolute Gasteiger partial charge is 0.261 e. The normalized spacial score (nSPS) is 11.5. The number of sulfonamides is 1. The topological polar surface area (TPSA) is 86.6 Å². The Bertz CT molecular complexity index is 1360. The minimum absolute atomic E-state index is 0.00180. The third-order valence-corrected chi connectivity index (χ3v) is 6.46. The van der Waals surface area contributed by atoms with E-state index in [0.717, 1.165) is 16.3 Å². The molecule has 0 aliphatic rings. The second-order valence-corrected chi connectivity index (χ2v) is 8.97. The Morgan fingerprint density at radius 2 is 1.53 bits per heavy atom. The number of fused-ring (bicyclic) bond motifs is 1. The molecule has 6 heteroatoms. The van der Waals surface area contributed by atoms with Crippen LogP contribution in [0.4, 0.5) is 5.69 Å². The van der Waals surface area contributed by atoms with Crippen LogP contribution in [0.1, 0.15) is 11.1 Å². The summed E-state index contributed by atoms with van der Waals surface area (Å²) in [5.41, 5.74) is 2.55. The van der Waals surface area contributed by atoms with Crippen LogP contribution in [0.15, 0.2) is 77.7 Å². The molecular formula is C24H21NO4S. The quantitative estimate of drug-likeness (QED) is 0.390. The number of rotatable bonds is 4. The molecular weight excluding hydrogens is 398 g/mol. The van der Waals surface area contributed by atoms with E-state index in [1.807, 2.05) is 31.2 Å². The molecule has 3 N–H and O–H groups in total. The summed E-state index contributed by atoms with van der Waals surface area (Å²) in [7, 11) is -3.81. The number of hydrogen-bond donors (Lipinski definition) is 3. The van der Waals surface area contributed by atoms with E-state index in [9.17, 15) is 18.6 Å². The fourth-order valence-electron chi connectivity index (χ4n) is 3.50. The molecule has 30 heavy (non-hydrogen) atoms. The van der Waals surface area contributed by atoms with Crippen LogP contribution in [0.25, 0.3) is 21.9 Å². The second-order valence-electron chi connectivity index (χ2n) is 7.29. The zero-order valence-electron chi connectivity index (χ0n) is 16.5. The van der Waals surface area contributed by atoms with Gasteiger partial charge in [0.05, 0.1) is 4.90 Å². The number of phenols is 2. The van der Waals surface area contributed by atoms with Crippen molar-refractivity contribution in [3.05, 3.63) is 83.9 Å². The first kappa shape index (κ1) is 19.8. The molecule has 0 bridgehead atoms. The molecule has 0 aromatic heterocycles. The number of nitrogens with one attached hydrogen (secondary N) is 1. The Morgan fingerprint density at radius 1 is 0.833 bits per heavy atom. The Balaban J connectivity index is 1.85. The first-order valence-electron chi connectivity index (χ1n) is 9.40. The molecule has 0 atom stereocenters. The van der Waals surface area contributed by atoms with Crippen molar-refractivity contribution in [3.8, 4) is 22.6 Å². The van der Waals surface area contributed by atoms with E-state index in [1.54, 1.807) is 49.4 Å². The van der Waals surface area contributed by atoms with E-state index in [0.29, 0.717) is 22.4 Å². The van der Waals surface area contributed by atoms with Gasteiger partial charge in [0.15, 0.2) is 0 Å². The van der Waals surface area contributed by atoms with E-state index in [2.05, 4.69) is 4.72 Å². The molecule has 0 heterocycles. The molecule has 0 aliphatic heterocycles. The standard InChI is InChI=1S/C24H21NO4S/c1-15-7-10-19(11-8-15)30(28,29)25-18-13-16(2)24(27)21(14-18)23-20-6-4-3-5-17(20)9-12-22(23)26/h3-14,25-27H,1-2H3. The number of phenolic OH excluding ortho intramolecular Hbond substituents is 2. The highest BCUT2D eigenvalue weighted by molar-refractivity contribution is 7.92. The lowest BCUT2D eigenvalue weighted by Crippen LogP contribution is -2.13. The van der Waals surface area contributed by atoms with E-state index < -0.39 is 10.0 Å². The lowest BCUT2D eigenvalue weighted by Gasteiger charge is -2.16. The maximum atomic E-state index is 12.8. The second kappa shape index (κ2) is 7.39. The molecule has 4 rings (SSSR count). The predicted molar refractivity (Wildman–Crippen MR) is 119 cm³/mol. The van der Waals surface area contributed by atoms with Gasteiger partial charge in [-0.15, -0.1) is 0 Å². The highest BCUT2D eigenvalue weighted by Gasteiger charge is 2.19. The molecule has 4 aromatic rings. The molecule has 152 valence electrons. The Morgan fingerprint density at radius 3 is 2.27 bits per heavy atom. The maximum absolute atomic E-state index is 12.8. The summed E-state index contributed by atoms with van der Waals surface area (Å²) in [4.78, 5) is 0.147. The first-order chi connectivity index (χ1) is 14.3. The number of benzene rings is 4. The Hall–Kier alpha value is -3.51. The number of anilines is 1. The van der Waals surface area contributed by atoms with Crippen LogP contribution >= 0.6 is 0 Å².